The summed E-state index contributed by atoms with van der Waals surface area (Å²) in [5.41, 5.74) is 4.46. The van der Waals surface area contributed by atoms with E-state index in [1.165, 1.54) is 11.1 Å². The summed E-state index contributed by atoms with van der Waals surface area (Å²) in [6, 6.07) is 13.7. The van der Waals surface area contributed by atoms with Crippen LogP contribution in [0.2, 0.25) is 0 Å². The van der Waals surface area contributed by atoms with Crippen molar-refractivity contribution in [2.45, 2.75) is 45.3 Å². The predicted molar refractivity (Wildman–Crippen MR) is 110 cm³/mol. The number of aromatic nitrogens is 2. The Morgan fingerprint density at radius 3 is 2.93 bits per heavy atom. The molecule has 0 saturated heterocycles. The Bertz CT molecular complexity index is 1070. The van der Waals surface area contributed by atoms with Gasteiger partial charge in [0, 0.05) is 17.2 Å². The van der Waals surface area contributed by atoms with E-state index in [1.807, 2.05) is 32.0 Å². The minimum atomic E-state index is -0.0148. The first-order chi connectivity index (χ1) is 14.1. The third-order valence-corrected chi connectivity index (χ3v) is 5.08. The molecule has 3 aromatic rings. The molecule has 4 rings (SSSR count). The number of nitrogens with one attached hydrogen (secondary N) is 1. The second-order valence-electron chi connectivity index (χ2n) is 7.40. The molecule has 1 aliphatic rings. The molecule has 2 aromatic carbocycles. The van der Waals surface area contributed by atoms with Crippen molar-refractivity contribution in [2.24, 2.45) is 0 Å². The molecule has 0 fully saturated rings. The van der Waals surface area contributed by atoms with Crippen LogP contribution >= 0.6 is 0 Å². The molecule has 29 heavy (non-hydrogen) atoms. The Kier molecular flexibility index (Phi) is 5.37. The summed E-state index contributed by atoms with van der Waals surface area (Å²) in [7, 11) is 5.72. The van der Waals surface area contributed by atoms with E-state index < -0.39 is 0 Å². The highest BCUT2D eigenvalue weighted by Crippen LogP contribution is 2.36. The lowest BCUT2D eigenvalue weighted by Gasteiger charge is -2.26. The number of nitriles is 1. The molecule has 7 heteroatoms. The summed E-state index contributed by atoms with van der Waals surface area (Å²) in [5.74, 6) is 1.45. The number of fused-ring (bicyclic) bond motifs is 1. The lowest BCUT2D eigenvalue weighted by molar-refractivity contribution is 0.242. The fourth-order valence-electron chi connectivity index (χ4n) is 3.79. The van der Waals surface area contributed by atoms with Gasteiger partial charge in [0.25, 0.3) is 5.89 Å². The van der Waals surface area contributed by atoms with Gasteiger partial charge >= 0.3 is 0 Å². The summed E-state index contributed by atoms with van der Waals surface area (Å²) < 4.78 is 11.2. The minimum absolute atomic E-state index is 0.0148. The summed E-state index contributed by atoms with van der Waals surface area (Å²) in [5, 5.41) is 16.5. The monoisotopic (exact) mass is 384 g/mol. The van der Waals surface area contributed by atoms with E-state index in [4.69, 9.17) is 17.2 Å². The maximum atomic E-state index is 9.45. The second-order valence-corrected chi connectivity index (χ2v) is 7.40. The number of nitrogens with zero attached hydrogens (tertiary/aromatic N) is 3. The van der Waals surface area contributed by atoms with Crippen molar-refractivity contribution >= 4 is 7.98 Å². The number of rotatable bonds is 5. The van der Waals surface area contributed by atoms with Crippen molar-refractivity contribution in [3.05, 3.63) is 53.1 Å². The third kappa shape index (κ3) is 3.76. The van der Waals surface area contributed by atoms with Crippen molar-refractivity contribution in [3.8, 4) is 34.7 Å². The van der Waals surface area contributed by atoms with Crippen LogP contribution in [0.5, 0.6) is 5.75 Å². The molecule has 0 saturated carbocycles. The molecular weight excluding hydrogens is 363 g/mol. The van der Waals surface area contributed by atoms with E-state index in [0.29, 0.717) is 28.6 Å². The van der Waals surface area contributed by atoms with Gasteiger partial charge in [-0.25, -0.2) is 0 Å². The van der Waals surface area contributed by atoms with E-state index in [-0.39, 0.29) is 12.1 Å². The molecule has 0 aliphatic heterocycles. The number of hydrogen-bond acceptors (Lipinski definition) is 6. The molecule has 1 aliphatic carbocycles. The molecule has 1 N–H and O–H groups in total. The smallest absolute Gasteiger partial charge is 0.258 e. The zero-order chi connectivity index (χ0) is 20.4. The van der Waals surface area contributed by atoms with Crippen molar-refractivity contribution < 1.29 is 9.26 Å². The van der Waals surface area contributed by atoms with Gasteiger partial charge in [0.05, 0.1) is 11.7 Å². The Balaban J connectivity index is 1.69. The Morgan fingerprint density at radius 1 is 1.31 bits per heavy atom. The molecule has 0 unspecified atom stereocenters. The quantitative estimate of drug-likeness (QED) is 0.667. The van der Waals surface area contributed by atoms with Crippen molar-refractivity contribution in [1.82, 2.24) is 15.4 Å². The Morgan fingerprint density at radius 2 is 2.17 bits per heavy atom. The maximum Gasteiger partial charge on any atom is 0.258 e. The fraction of sp³-hybridized carbons (Fsp3) is 0.318. The zero-order valence-electron chi connectivity index (χ0n) is 16.5. The number of benzene rings is 2. The van der Waals surface area contributed by atoms with Gasteiger partial charge in [-0.1, -0.05) is 23.4 Å². The van der Waals surface area contributed by atoms with Gasteiger partial charge in [-0.3, -0.25) is 0 Å². The van der Waals surface area contributed by atoms with Gasteiger partial charge in [-0.2, -0.15) is 10.2 Å². The topological polar surface area (TPSA) is 84.0 Å². The highest BCUT2D eigenvalue weighted by molar-refractivity contribution is 6.04. The SMILES string of the molecule is [B]N[C@H]1CCCc2c(-c3noc(-c4ccc(OC(C)C)c(C#N)c4)n3)cccc21. The highest BCUT2D eigenvalue weighted by atomic mass is 16.5. The lowest BCUT2D eigenvalue weighted by atomic mass is 9.84. The van der Waals surface area contributed by atoms with Gasteiger partial charge in [0.15, 0.2) is 7.98 Å². The standard InChI is InChI=1S/C22H21BN4O2/c1-13(2)28-20-10-9-14(11-15(20)12-24)22-25-21(27-29-22)18-7-3-6-17-16(18)5-4-8-19(17)26-23/h3,6-7,9-11,13,19,26H,4-5,8H2,1-2H3/t19-/m0/s1. The molecule has 1 atom stereocenters. The molecule has 144 valence electrons. The third-order valence-electron chi connectivity index (χ3n) is 5.08. The molecule has 2 radical (unpaired) electrons. The van der Waals surface area contributed by atoms with Crippen LogP contribution in [0.15, 0.2) is 40.9 Å². The van der Waals surface area contributed by atoms with Crippen LogP contribution in [0.4, 0.5) is 0 Å². The van der Waals surface area contributed by atoms with Crippen LogP contribution in [0, 0.1) is 11.3 Å². The predicted octanol–water partition coefficient (Wildman–Crippen LogP) is 4.11. The second kappa shape index (κ2) is 8.10. The minimum Gasteiger partial charge on any atom is -0.490 e. The van der Waals surface area contributed by atoms with Gasteiger partial charge in [-0.15, -0.1) is 0 Å². The lowest BCUT2D eigenvalue weighted by Crippen LogP contribution is -2.23. The van der Waals surface area contributed by atoms with Crippen LogP contribution in [0.25, 0.3) is 22.8 Å². The van der Waals surface area contributed by atoms with E-state index in [2.05, 4.69) is 27.5 Å². The average Bonchev–Trinajstić information content (AvgIpc) is 3.22. The fourth-order valence-corrected chi connectivity index (χ4v) is 3.79. The Labute approximate surface area is 171 Å². The van der Waals surface area contributed by atoms with E-state index in [1.54, 1.807) is 12.1 Å². The average molecular weight is 384 g/mol. The van der Waals surface area contributed by atoms with E-state index >= 15 is 0 Å². The van der Waals surface area contributed by atoms with Gasteiger partial charge in [-0.05, 0) is 62.4 Å². The Hall–Kier alpha value is -3.11. The molecule has 0 bridgehead atoms. The van der Waals surface area contributed by atoms with Gasteiger partial charge in [0.2, 0.25) is 5.82 Å². The van der Waals surface area contributed by atoms with E-state index in [0.717, 1.165) is 24.8 Å². The first-order valence-corrected chi connectivity index (χ1v) is 9.74. The number of hydrogen-bond donors (Lipinski definition) is 1. The molecular formula is C22H21BN4O2. The zero-order valence-corrected chi connectivity index (χ0v) is 16.5. The summed E-state index contributed by atoms with van der Waals surface area (Å²) in [6.07, 6.45) is 2.99. The molecule has 0 spiro atoms. The van der Waals surface area contributed by atoms with Gasteiger partial charge in [0.1, 0.15) is 11.8 Å². The summed E-state index contributed by atoms with van der Waals surface area (Å²) in [6.45, 7) is 3.84. The van der Waals surface area contributed by atoms with Crippen molar-refractivity contribution in [2.75, 3.05) is 0 Å². The first-order valence-electron chi connectivity index (χ1n) is 9.74. The van der Waals surface area contributed by atoms with Crippen LogP contribution < -0.4 is 9.96 Å². The van der Waals surface area contributed by atoms with Gasteiger partial charge < -0.3 is 14.5 Å². The van der Waals surface area contributed by atoms with Crippen molar-refractivity contribution in [3.63, 3.8) is 0 Å². The molecule has 0 amide bonds. The molecule has 1 heterocycles. The molecule has 1 aromatic heterocycles. The van der Waals surface area contributed by atoms with Crippen LogP contribution in [0.1, 0.15) is 49.4 Å². The maximum absolute atomic E-state index is 9.45. The van der Waals surface area contributed by atoms with Crippen molar-refractivity contribution in [1.29, 1.82) is 5.26 Å². The van der Waals surface area contributed by atoms with E-state index in [9.17, 15) is 5.26 Å². The summed E-state index contributed by atoms with van der Waals surface area (Å²) >= 11 is 0. The summed E-state index contributed by atoms with van der Waals surface area (Å²) in [4.78, 5) is 4.60. The number of ether oxygens (including phenoxy) is 1. The first kappa shape index (κ1) is 19.2. The largest absolute Gasteiger partial charge is 0.490 e. The highest BCUT2D eigenvalue weighted by Gasteiger charge is 2.23. The molecule has 6 nitrogen and oxygen atoms in total. The van der Waals surface area contributed by atoms with Crippen LogP contribution in [0.3, 0.4) is 0 Å². The normalized spacial score (nSPS) is 15.7. The van der Waals surface area contributed by atoms with Crippen LogP contribution in [-0.4, -0.2) is 24.2 Å². The van der Waals surface area contributed by atoms with Crippen LogP contribution in [-0.2, 0) is 6.42 Å².